The topological polar surface area (TPSA) is 58.6 Å². The molecule has 88 valence electrons. The number of ether oxygens (including phenoxy) is 1. The van der Waals surface area contributed by atoms with E-state index in [-0.39, 0.29) is 11.6 Å². The van der Waals surface area contributed by atoms with Gasteiger partial charge in [0.15, 0.2) is 0 Å². The molecule has 4 heteroatoms. The number of hydrogen-bond donors (Lipinski definition) is 2. The van der Waals surface area contributed by atoms with E-state index in [9.17, 15) is 4.79 Å². The molecule has 1 rings (SSSR count). The van der Waals surface area contributed by atoms with Crippen molar-refractivity contribution in [3.8, 4) is 5.75 Å². The van der Waals surface area contributed by atoms with Gasteiger partial charge < -0.3 is 15.2 Å². The Bertz CT molecular complexity index is 377. The Kier molecular flexibility index (Phi) is 4.17. The van der Waals surface area contributed by atoms with Crippen molar-refractivity contribution < 1.29 is 14.6 Å². The molecule has 0 aliphatic heterocycles. The van der Waals surface area contributed by atoms with Gasteiger partial charge in [-0.05, 0) is 31.5 Å². The van der Waals surface area contributed by atoms with Crippen LogP contribution in [0.1, 0.15) is 30.6 Å². The number of carboxylic acid groups (broad SMARTS) is 1. The Labute approximate surface area is 95.2 Å². The minimum Gasteiger partial charge on any atom is -0.497 e. The zero-order chi connectivity index (χ0) is 12.1. The monoisotopic (exact) mass is 223 g/mol. The Morgan fingerprint density at radius 1 is 1.56 bits per heavy atom. The summed E-state index contributed by atoms with van der Waals surface area (Å²) in [5.41, 5.74) is 0.863. The van der Waals surface area contributed by atoms with Crippen molar-refractivity contribution in [3.05, 3.63) is 23.8 Å². The van der Waals surface area contributed by atoms with Crippen molar-refractivity contribution in [3.63, 3.8) is 0 Å². The van der Waals surface area contributed by atoms with E-state index in [1.807, 2.05) is 13.8 Å². The molecular weight excluding hydrogens is 206 g/mol. The van der Waals surface area contributed by atoms with Gasteiger partial charge in [0.25, 0.3) is 0 Å². The SMILES string of the molecule is CCC(C)Nc1ccc(OC)cc1C(=O)O. The van der Waals surface area contributed by atoms with Gasteiger partial charge in [-0.15, -0.1) is 0 Å². The highest BCUT2D eigenvalue weighted by molar-refractivity contribution is 5.94. The predicted molar refractivity (Wildman–Crippen MR) is 63.3 cm³/mol. The summed E-state index contributed by atoms with van der Waals surface area (Å²) in [4.78, 5) is 11.1. The number of methoxy groups -OCH3 is 1. The van der Waals surface area contributed by atoms with Crippen LogP contribution in [0.2, 0.25) is 0 Å². The van der Waals surface area contributed by atoms with E-state index in [1.165, 1.54) is 13.2 Å². The molecule has 0 aliphatic carbocycles. The van der Waals surface area contributed by atoms with Crippen LogP contribution >= 0.6 is 0 Å². The van der Waals surface area contributed by atoms with Crippen molar-refractivity contribution in [2.45, 2.75) is 26.3 Å². The lowest BCUT2D eigenvalue weighted by Gasteiger charge is -2.15. The summed E-state index contributed by atoms with van der Waals surface area (Å²) in [6.45, 7) is 4.05. The molecule has 0 aliphatic rings. The third kappa shape index (κ3) is 2.89. The highest BCUT2D eigenvalue weighted by Gasteiger charge is 2.12. The summed E-state index contributed by atoms with van der Waals surface area (Å²) in [6.07, 6.45) is 0.936. The number of anilines is 1. The number of carbonyl (C=O) groups is 1. The Hall–Kier alpha value is -1.71. The molecular formula is C12H17NO3. The first-order valence-electron chi connectivity index (χ1n) is 5.26. The molecule has 0 fully saturated rings. The Balaban J connectivity index is 3.03. The van der Waals surface area contributed by atoms with E-state index in [1.54, 1.807) is 12.1 Å². The minimum absolute atomic E-state index is 0.236. The fourth-order valence-electron chi connectivity index (χ4n) is 1.32. The molecule has 1 unspecified atom stereocenters. The molecule has 0 spiro atoms. The van der Waals surface area contributed by atoms with Crippen LogP contribution in [-0.4, -0.2) is 24.2 Å². The summed E-state index contributed by atoms with van der Waals surface area (Å²) in [6, 6.07) is 5.24. The molecule has 2 N–H and O–H groups in total. The molecule has 0 aromatic heterocycles. The van der Waals surface area contributed by atoms with Crippen molar-refractivity contribution in [1.82, 2.24) is 0 Å². The molecule has 1 atom stereocenters. The van der Waals surface area contributed by atoms with Gasteiger partial charge in [0.2, 0.25) is 0 Å². The van der Waals surface area contributed by atoms with Gasteiger partial charge in [-0.25, -0.2) is 4.79 Å². The number of benzene rings is 1. The fourth-order valence-corrected chi connectivity index (χ4v) is 1.32. The normalized spacial score (nSPS) is 11.9. The largest absolute Gasteiger partial charge is 0.497 e. The van der Waals surface area contributed by atoms with Gasteiger partial charge >= 0.3 is 5.97 Å². The Morgan fingerprint density at radius 3 is 2.75 bits per heavy atom. The first-order valence-corrected chi connectivity index (χ1v) is 5.26. The lowest BCUT2D eigenvalue weighted by atomic mass is 10.1. The number of aromatic carboxylic acids is 1. The van der Waals surface area contributed by atoms with E-state index in [4.69, 9.17) is 9.84 Å². The zero-order valence-electron chi connectivity index (χ0n) is 9.78. The predicted octanol–water partition coefficient (Wildman–Crippen LogP) is 2.60. The smallest absolute Gasteiger partial charge is 0.337 e. The molecule has 0 saturated heterocycles. The van der Waals surface area contributed by atoms with E-state index in [2.05, 4.69) is 5.32 Å². The molecule has 0 amide bonds. The average molecular weight is 223 g/mol. The van der Waals surface area contributed by atoms with Crippen LogP contribution in [-0.2, 0) is 0 Å². The van der Waals surface area contributed by atoms with Crippen LogP contribution in [0.15, 0.2) is 18.2 Å². The lowest BCUT2D eigenvalue weighted by Crippen LogP contribution is -2.16. The summed E-state index contributed by atoms with van der Waals surface area (Å²) in [5.74, 6) is -0.406. The van der Waals surface area contributed by atoms with E-state index >= 15 is 0 Å². The second-order valence-corrected chi connectivity index (χ2v) is 3.67. The molecule has 0 bridgehead atoms. The second-order valence-electron chi connectivity index (χ2n) is 3.67. The number of nitrogens with one attached hydrogen (secondary N) is 1. The maximum atomic E-state index is 11.1. The van der Waals surface area contributed by atoms with Gasteiger partial charge in [-0.3, -0.25) is 0 Å². The molecule has 16 heavy (non-hydrogen) atoms. The second kappa shape index (κ2) is 5.39. The first kappa shape index (κ1) is 12.4. The van der Waals surface area contributed by atoms with Gasteiger partial charge in [-0.1, -0.05) is 6.92 Å². The summed E-state index contributed by atoms with van der Waals surface area (Å²) >= 11 is 0. The molecule has 1 aromatic rings. The lowest BCUT2D eigenvalue weighted by molar-refractivity contribution is 0.0697. The van der Waals surface area contributed by atoms with Gasteiger partial charge in [0.05, 0.1) is 12.7 Å². The highest BCUT2D eigenvalue weighted by Crippen LogP contribution is 2.23. The fraction of sp³-hybridized carbons (Fsp3) is 0.417. The molecule has 4 nitrogen and oxygen atoms in total. The van der Waals surface area contributed by atoms with Crippen LogP contribution in [0.5, 0.6) is 5.75 Å². The number of rotatable bonds is 5. The molecule has 1 aromatic carbocycles. The summed E-state index contributed by atoms with van der Waals surface area (Å²) < 4.78 is 5.00. The third-order valence-electron chi connectivity index (χ3n) is 2.47. The van der Waals surface area contributed by atoms with Crippen molar-refractivity contribution in [2.24, 2.45) is 0 Å². The van der Waals surface area contributed by atoms with Gasteiger partial charge in [0.1, 0.15) is 5.75 Å². The number of hydrogen-bond acceptors (Lipinski definition) is 3. The quantitative estimate of drug-likeness (QED) is 0.805. The van der Waals surface area contributed by atoms with Crippen LogP contribution in [0, 0.1) is 0 Å². The summed E-state index contributed by atoms with van der Waals surface area (Å²) in [7, 11) is 1.52. The zero-order valence-corrected chi connectivity index (χ0v) is 9.78. The van der Waals surface area contributed by atoms with Gasteiger partial charge in [-0.2, -0.15) is 0 Å². The van der Waals surface area contributed by atoms with Gasteiger partial charge in [0, 0.05) is 11.7 Å². The van der Waals surface area contributed by atoms with Crippen LogP contribution in [0.4, 0.5) is 5.69 Å². The molecule has 0 radical (unpaired) electrons. The standard InChI is InChI=1S/C12H17NO3/c1-4-8(2)13-11-6-5-9(16-3)7-10(11)12(14)15/h5-8,13H,4H2,1-3H3,(H,14,15). The maximum Gasteiger partial charge on any atom is 0.337 e. The van der Waals surface area contributed by atoms with Crippen LogP contribution in [0.25, 0.3) is 0 Å². The summed E-state index contributed by atoms with van der Waals surface area (Å²) in [5, 5.41) is 12.2. The molecule has 0 heterocycles. The van der Waals surface area contributed by atoms with E-state index < -0.39 is 5.97 Å². The maximum absolute atomic E-state index is 11.1. The number of carboxylic acids is 1. The minimum atomic E-state index is -0.954. The highest BCUT2D eigenvalue weighted by atomic mass is 16.5. The van der Waals surface area contributed by atoms with Crippen molar-refractivity contribution >= 4 is 11.7 Å². The average Bonchev–Trinajstić information content (AvgIpc) is 2.29. The van der Waals surface area contributed by atoms with E-state index in [0.29, 0.717) is 11.4 Å². The van der Waals surface area contributed by atoms with E-state index in [0.717, 1.165) is 6.42 Å². The first-order chi connectivity index (χ1) is 7.58. The Morgan fingerprint density at radius 2 is 2.25 bits per heavy atom. The van der Waals surface area contributed by atoms with Crippen LogP contribution in [0.3, 0.4) is 0 Å². The van der Waals surface area contributed by atoms with Crippen molar-refractivity contribution in [1.29, 1.82) is 0 Å². The molecule has 0 saturated carbocycles. The van der Waals surface area contributed by atoms with Crippen molar-refractivity contribution in [2.75, 3.05) is 12.4 Å². The third-order valence-corrected chi connectivity index (χ3v) is 2.47. The van der Waals surface area contributed by atoms with Crippen LogP contribution < -0.4 is 10.1 Å².